The number of tetrazole rings is 1. The van der Waals surface area contributed by atoms with Crippen molar-refractivity contribution in [3.63, 3.8) is 0 Å². The minimum atomic E-state index is -0.00128. The summed E-state index contributed by atoms with van der Waals surface area (Å²) in [6.45, 7) is 9.62. The molecule has 6 heteroatoms. The molecule has 1 aliphatic carbocycles. The van der Waals surface area contributed by atoms with E-state index in [9.17, 15) is 4.79 Å². The number of nitrogens with zero attached hydrogens (tertiary/aromatic N) is 5. The van der Waals surface area contributed by atoms with Gasteiger partial charge >= 0.3 is 0 Å². The number of allylic oxidation sites excluding steroid dienone is 3. The first-order valence-corrected chi connectivity index (χ1v) is 10.7. The van der Waals surface area contributed by atoms with Crippen LogP contribution in [0.3, 0.4) is 0 Å². The Labute approximate surface area is 169 Å². The van der Waals surface area contributed by atoms with Crippen molar-refractivity contribution in [2.75, 3.05) is 6.54 Å². The van der Waals surface area contributed by atoms with E-state index in [4.69, 9.17) is 0 Å². The van der Waals surface area contributed by atoms with E-state index in [-0.39, 0.29) is 11.9 Å². The summed E-state index contributed by atoms with van der Waals surface area (Å²) in [6, 6.07) is -0.00128. The first-order valence-electron chi connectivity index (χ1n) is 10.7. The molecule has 3 rings (SSSR count). The third-order valence-corrected chi connectivity index (χ3v) is 5.39. The van der Waals surface area contributed by atoms with E-state index in [0.717, 1.165) is 32.2 Å². The van der Waals surface area contributed by atoms with Crippen LogP contribution in [0.1, 0.15) is 83.0 Å². The average Bonchev–Trinajstić information content (AvgIpc) is 3.22. The van der Waals surface area contributed by atoms with Crippen molar-refractivity contribution in [3.8, 4) is 0 Å². The highest BCUT2D eigenvalue weighted by Gasteiger charge is 2.32. The van der Waals surface area contributed by atoms with Crippen molar-refractivity contribution in [1.29, 1.82) is 0 Å². The van der Waals surface area contributed by atoms with Crippen LogP contribution in [0.5, 0.6) is 0 Å². The number of rotatable bonds is 6. The standard InChI is InChI=1S/C18H29N5O.C4H6/c1-2-3-13-23-20-18(19-21-23)16-11-7-8-12-22(16)17(24)14-15-9-5-4-6-10-15;1-3-4-2/h3,13,15-16H,2,4-12,14H2,1H3;3-4H,1-2H2/b13-3+;. The van der Waals surface area contributed by atoms with Crippen molar-refractivity contribution in [2.24, 2.45) is 5.92 Å². The lowest BCUT2D eigenvalue weighted by atomic mass is 9.86. The molecule has 0 N–H and O–H groups in total. The Morgan fingerprint density at radius 3 is 2.50 bits per heavy atom. The minimum Gasteiger partial charge on any atom is -0.332 e. The molecule has 2 fully saturated rings. The Bertz CT molecular complexity index is 639. The molecule has 1 amide bonds. The maximum atomic E-state index is 12.9. The fourth-order valence-corrected chi connectivity index (χ4v) is 3.89. The lowest BCUT2D eigenvalue weighted by Gasteiger charge is -2.35. The highest BCUT2D eigenvalue weighted by atomic mass is 16.2. The van der Waals surface area contributed by atoms with E-state index in [2.05, 4.69) is 35.5 Å². The molecule has 2 aliphatic rings. The number of hydrogen-bond acceptors (Lipinski definition) is 4. The van der Waals surface area contributed by atoms with Gasteiger partial charge in [-0.05, 0) is 49.7 Å². The topological polar surface area (TPSA) is 63.9 Å². The van der Waals surface area contributed by atoms with Crippen LogP contribution in [0.4, 0.5) is 0 Å². The minimum absolute atomic E-state index is 0.00128. The number of piperidine rings is 1. The van der Waals surface area contributed by atoms with Gasteiger partial charge in [0.1, 0.15) is 0 Å². The summed E-state index contributed by atoms with van der Waals surface area (Å²) in [4.78, 5) is 16.4. The van der Waals surface area contributed by atoms with E-state index >= 15 is 0 Å². The molecule has 0 spiro atoms. The second kappa shape index (κ2) is 12.3. The van der Waals surface area contributed by atoms with E-state index in [0.29, 0.717) is 18.2 Å². The monoisotopic (exact) mass is 385 g/mol. The molecule has 1 aliphatic heterocycles. The van der Waals surface area contributed by atoms with Crippen LogP contribution in [0.2, 0.25) is 0 Å². The van der Waals surface area contributed by atoms with E-state index in [1.165, 1.54) is 36.9 Å². The zero-order chi connectivity index (χ0) is 20.2. The Morgan fingerprint density at radius 1 is 1.11 bits per heavy atom. The quantitative estimate of drug-likeness (QED) is 0.651. The molecule has 28 heavy (non-hydrogen) atoms. The summed E-state index contributed by atoms with van der Waals surface area (Å²) in [5, 5.41) is 12.8. The number of aromatic nitrogens is 4. The normalized spacial score (nSPS) is 20.5. The third kappa shape index (κ3) is 6.73. The zero-order valence-corrected chi connectivity index (χ0v) is 17.3. The fourth-order valence-electron chi connectivity index (χ4n) is 3.89. The predicted molar refractivity (Wildman–Crippen MR) is 113 cm³/mol. The molecule has 1 aromatic rings. The molecule has 1 atom stereocenters. The molecule has 2 heterocycles. The molecule has 1 aromatic heterocycles. The Hall–Kier alpha value is -2.24. The van der Waals surface area contributed by atoms with Crippen LogP contribution >= 0.6 is 0 Å². The molecule has 0 radical (unpaired) electrons. The molecule has 1 saturated carbocycles. The lowest BCUT2D eigenvalue weighted by molar-refractivity contribution is -0.136. The number of amides is 1. The molecule has 1 saturated heterocycles. The molecule has 1 unspecified atom stereocenters. The third-order valence-electron chi connectivity index (χ3n) is 5.39. The van der Waals surface area contributed by atoms with E-state index in [1.807, 2.05) is 17.2 Å². The summed E-state index contributed by atoms with van der Waals surface area (Å²) >= 11 is 0. The molecule has 154 valence electrons. The van der Waals surface area contributed by atoms with Gasteiger partial charge in [0.2, 0.25) is 5.91 Å². The maximum absolute atomic E-state index is 12.9. The Kier molecular flexibility index (Phi) is 9.66. The summed E-state index contributed by atoms with van der Waals surface area (Å²) in [5.74, 6) is 1.55. The van der Waals surface area contributed by atoms with Crippen molar-refractivity contribution in [1.82, 2.24) is 25.1 Å². The fraction of sp³-hybridized carbons (Fsp3) is 0.636. The van der Waals surface area contributed by atoms with Gasteiger partial charge < -0.3 is 4.90 Å². The van der Waals surface area contributed by atoms with Crippen LogP contribution < -0.4 is 0 Å². The van der Waals surface area contributed by atoms with Gasteiger partial charge in [0.25, 0.3) is 0 Å². The van der Waals surface area contributed by atoms with Crippen LogP contribution in [0, 0.1) is 5.92 Å². The van der Waals surface area contributed by atoms with Crippen LogP contribution in [-0.4, -0.2) is 37.6 Å². The SMILES string of the molecule is C=CC=C.CC/C=C/n1nnc(C2CCCCN2C(=O)CC2CCCCC2)n1. The van der Waals surface area contributed by atoms with Crippen molar-refractivity contribution >= 4 is 12.1 Å². The Balaban J connectivity index is 0.000000640. The number of likely N-dealkylation sites (tertiary alicyclic amines) is 1. The van der Waals surface area contributed by atoms with Gasteiger partial charge in [-0.15, -0.1) is 15.0 Å². The van der Waals surface area contributed by atoms with Crippen molar-refractivity contribution in [3.05, 3.63) is 37.2 Å². The predicted octanol–water partition coefficient (Wildman–Crippen LogP) is 4.94. The zero-order valence-electron chi connectivity index (χ0n) is 17.3. The van der Waals surface area contributed by atoms with E-state index in [1.54, 1.807) is 12.2 Å². The highest BCUT2D eigenvalue weighted by Crippen LogP contribution is 2.32. The number of carbonyl (C=O) groups is 1. The average molecular weight is 386 g/mol. The second-order valence-corrected chi connectivity index (χ2v) is 7.54. The summed E-state index contributed by atoms with van der Waals surface area (Å²) in [6.07, 6.45) is 18.2. The van der Waals surface area contributed by atoms with Gasteiger partial charge in [0.15, 0.2) is 5.82 Å². The second-order valence-electron chi connectivity index (χ2n) is 7.54. The molecule has 6 nitrogen and oxygen atoms in total. The van der Waals surface area contributed by atoms with Gasteiger partial charge in [-0.25, -0.2) is 0 Å². The molecule has 0 aromatic carbocycles. The smallest absolute Gasteiger partial charge is 0.223 e. The highest BCUT2D eigenvalue weighted by molar-refractivity contribution is 5.77. The van der Waals surface area contributed by atoms with Gasteiger partial charge in [-0.2, -0.15) is 0 Å². The molecular weight excluding hydrogens is 350 g/mol. The van der Waals surface area contributed by atoms with E-state index < -0.39 is 0 Å². The largest absolute Gasteiger partial charge is 0.332 e. The van der Waals surface area contributed by atoms with Gasteiger partial charge in [-0.1, -0.05) is 57.6 Å². The summed E-state index contributed by atoms with van der Waals surface area (Å²) in [5.41, 5.74) is 0. The first kappa shape index (κ1) is 22.1. The summed E-state index contributed by atoms with van der Waals surface area (Å²) < 4.78 is 0. The van der Waals surface area contributed by atoms with Crippen LogP contribution in [0.15, 0.2) is 31.4 Å². The summed E-state index contributed by atoms with van der Waals surface area (Å²) in [7, 11) is 0. The number of carbonyl (C=O) groups excluding carboxylic acids is 1. The van der Waals surface area contributed by atoms with Crippen molar-refractivity contribution in [2.45, 2.75) is 77.2 Å². The van der Waals surface area contributed by atoms with Crippen molar-refractivity contribution < 1.29 is 4.79 Å². The van der Waals surface area contributed by atoms with Crippen LogP contribution in [-0.2, 0) is 4.79 Å². The van der Waals surface area contributed by atoms with Gasteiger partial charge in [0, 0.05) is 19.2 Å². The van der Waals surface area contributed by atoms with Gasteiger partial charge in [0.05, 0.1) is 6.04 Å². The maximum Gasteiger partial charge on any atom is 0.223 e. The Morgan fingerprint density at radius 2 is 1.82 bits per heavy atom. The molecular formula is C22H35N5O. The lowest BCUT2D eigenvalue weighted by Crippen LogP contribution is -2.40. The molecule has 0 bridgehead atoms. The first-order chi connectivity index (χ1) is 13.7. The van der Waals surface area contributed by atoms with Gasteiger partial charge in [-0.3, -0.25) is 4.79 Å². The van der Waals surface area contributed by atoms with Crippen LogP contribution in [0.25, 0.3) is 6.20 Å². The number of hydrogen-bond donors (Lipinski definition) is 0.